The van der Waals surface area contributed by atoms with Crippen molar-refractivity contribution in [2.75, 3.05) is 19.9 Å². The van der Waals surface area contributed by atoms with Gasteiger partial charge in [-0.1, -0.05) is 38.1 Å². The van der Waals surface area contributed by atoms with Gasteiger partial charge in [-0.2, -0.15) is 0 Å². The summed E-state index contributed by atoms with van der Waals surface area (Å²) in [5.41, 5.74) is 3.61. The highest BCUT2D eigenvalue weighted by atomic mass is 16.7. The standard InChI is InChI=1S/C27H41N3O9/c1-15(2)22-19(26(29-28-22)39-27-25(37)24(36)23(35)20(13-32)38-27)11-18-9-7-17(8-10-18)5-4-6-21(34)30(14-33)16(3)12-31/h7-10,15-16,20,23-25,27,31-33,35-37H,4-6,11-14H2,1-3H3,(H,28,29)/t16?,20-,23+,24+,25-,27+/m1/s1. The lowest BCUT2D eigenvalue weighted by atomic mass is 9.97. The predicted molar refractivity (Wildman–Crippen MR) is 140 cm³/mol. The van der Waals surface area contributed by atoms with Crippen molar-refractivity contribution in [2.45, 2.75) is 89.1 Å². The molecule has 1 aromatic heterocycles. The second-order valence-electron chi connectivity index (χ2n) is 10.3. The molecule has 39 heavy (non-hydrogen) atoms. The number of aromatic nitrogens is 2. The molecule has 1 aliphatic heterocycles. The van der Waals surface area contributed by atoms with Crippen LogP contribution >= 0.6 is 0 Å². The lowest BCUT2D eigenvalue weighted by Crippen LogP contribution is -2.60. The first-order valence-corrected chi connectivity index (χ1v) is 13.2. The van der Waals surface area contributed by atoms with E-state index >= 15 is 0 Å². The Hall–Kier alpha value is -2.58. The van der Waals surface area contributed by atoms with Crippen LogP contribution in [0.2, 0.25) is 0 Å². The molecule has 1 aliphatic rings. The fraction of sp³-hybridized carbons (Fsp3) is 0.630. The first kappa shape index (κ1) is 31.0. The number of benzene rings is 1. The summed E-state index contributed by atoms with van der Waals surface area (Å²) in [7, 11) is 0. The molecule has 1 fully saturated rings. The van der Waals surface area contributed by atoms with E-state index in [9.17, 15) is 35.4 Å². The van der Waals surface area contributed by atoms with Crippen molar-refractivity contribution < 1.29 is 44.9 Å². The van der Waals surface area contributed by atoms with Crippen molar-refractivity contribution in [3.05, 3.63) is 46.6 Å². The summed E-state index contributed by atoms with van der Waals surface area (Å²) in [4.78, 5) is 13.6. The minimum atomic E-state index is -1.56. The van der Waals surface area contributed by atoms with Gasteiger partial charge in [-0.15, -0.1) is 5.10 Å². The Balaban J connectivity index is 1.66. The highest BCUT2D eigenvalue weighted by molar-refractivity contribution is 5.76. The van der Waals surface area contributed by atoms with Crippen LogP contribution in [0.15, 0.2) is 24.3 Å². The number of carbonyl (C=O) groups is 1. The Morgan fingerprint density at radius 1 is 1.05 bits per heavy atom. The second-order valence-corrected chi connectivity index (χ2v) is 10.3. The van der Waals surface area contributed by atoms with E-state index in [0.717, 1.165) is 22.4 Å². The zero-order valence-electron chi connectivity index (χ0n) is 22.6. The minimum absolute atomic E-state index is 0.0866. The summed E-state index contributed by atoms with van der Waals surface area (Å²) in [5, 5.41) is 65.8. The van der Waals surface area contributed by atoms with Crippen LogP contribution in [-0.4, -0.2) is 108 Å². The normalized spacial score (nSPS) is 24.1. The van der Waals surface area contributed by atoms with Crippen LogP contribution in [0, 0.1) is 0 Å². The second kappa shape index (κ2) is 14.2. The van der Waals surface area contributed by atoms with Gasteiger partial charge in [-0.25, -0.2) is 0 Å². The molecule has 1 amide bonds. The fourth-order valence-corrected chi connectivity index (χ4v) is 4.56. The molecule has 0 bridgehead atoms. The average Bonchev–Trinajstić information content (AvgIpc) is 3.32. The number of aryl methyl sites for hydroxylation is 1. The zero-order valence-corrected chi connectivity index (χ0v) is 22.6. The van der Waals surface area contributed by atoms with Crippen molar-refractivity contribution in [1.29, 1.82) is 0 Å². The molecular weight excluding hydrogens is 510 g/mol. The minimum Gasteiger partial charge on any atom is -0.443 e. The van der Waals surface area contributed by atoms with Gasteiger partial charge < -0.3 is 45.0 Å². The smallest absolute Gasteiger partial charge is 0.238 e. The van der Waals surface area contributed by atoms with Crippen molar-refractivity contribution in [3.8, 4) is 5.88 Å². The van der Waals surface area contributed by atoms with Crippen LogP contribution in [0.4, 0.5) is 0 Å². The number of ether oxygens (including phenoxy) is 2. The third-order valence-electron chi connectivity index (χ3n) is 7.04. The van der Waals surface area contributed by atoms with Crippen LogP contribution in [0.5, 0.6) is 5.88 Å². The van der Waals surface area contributed by atoms with Crippen LogP contribution < -0.4 is 4.74 Å². The van der Waals surface area contributed by atoms with E-state index in [1.165, 1.54) is 4.90 Å². The predicted octanol–water partition coefficient (Wildman–Crippen LogP) is -0.215. The molecular formula is C27H41N3O9. The van der Waals surface area contributed by atoms with Crippen molar-refractivity contribution >= 4 is 5.91 Å². The Labute approximate surface area is 227 Å². The Kier molecular flexibility index (Phi) is 11.2. The summed E-state index contributed by atoms with van der Waals surface area (Å²) in [6, 6.07) is 7.47. The number of aromatic amines is 1. The van der Waals surface area contributed by atoms with Gasteiger partial charge in [0.15, 0.2) is 0 Å². The monoisotopic (exact) mass is 551 g/mol. The van der Waals surface area contributed by atoms with E-state index in [2.05, 4.69) is 10.2 Å². The number of hydrogen-bond donors (Lipinski definition) is 7. The van der Waals surface area contributed by atoms with Gasteiger partial charge in [0.1, 0.15) is 31.1 Å². The van der Waals surface area contributed by atoms with Gasteiger partial charge >= 0.3 is 0 Å². The Morgan fingerprint density at radius 2 is 1.72 bits per heavy atom. The topological polar surface area (TPSA) is 189 Å². The molecule has 218 valence electrons. The van der Waals surface area contributed by atoms with Crippen molar-refractivity contribution in [1.82, 2.24) is 15.1 Å². The van der Waals surface area contributed by atoms with Crippen molar-refractivity contribution in [2.24, 2.45) is 0 Å². The maximum atomic E-state index is 12.3. The van der Waals surface area contributed by atoms with Gasteiger partial charge in [0.2, 0.25) is 18.1 Å². The van der Waals surface area contributed by atoms with Crippen molar-refractivity contribution in [3.63, 3.8) is 0 Å². The van der Waals surface area contributed by atoms with E-state index < -0.39 is 50.1 Å². The van der Waals surface area contributed by atoms with Crippen LogP contribution in [0.25, 0.3) is 0 Å². The maximum absolute atomic E-state index is 12.3. The molecule has 1 saturated heterocycles. The van der Waals surface area contributed by atoms with E-state index in [-0.39, 0.29) is 30.7 Å². The molecule has 0 saturated carbocycles. The molecule has 1 unspecified atom stereocenters. The van der Waals surface area contributed by atoms with E-state index in [0.29, 0.717) is 19.3 Å². The molecule has 12 nitrogen and oxygen atoms in total. The number of aliphatic hydroxyl groups excluding tert-OH is 6. The molecule has 1 aromatic carbocycles. The number of nitrogens with one attached hydrogen (secondary N) is 1. The SMILES string of the molecule is CC(C)c1[nH]nc(O[C@@H]2O[C@H](CO)[C@H](O)[C@H](O)[C@H]2O)c1Cc1ccc(CCCC(=O)N(CO)C(C)CO)cc1. The van der Waals surface area contributed by atoms with Gasteiger partial charge in [0, 0.05) is 24.1 Å². The summed E-state index contributed by atoms with van der Waals surface area (Å²) < 4.78 is 11.3. The maximum Gasteiger partial charge on any atom is 0.238 e. The fourth-order valence-electron chi connectivity index (χ4n) is 4.56. The number of rotatable bonds is 13. The van der Waals surface area contributed by atoms with Gasteiger partial charge in [-0.3, -0.25) is 9.89 Å². The summed E-state index contributed by atoms with van der Waals surface area (Å²) in [6.45, 7) is 4.48. The molecule has 12 heteroatoms. The zero-order chi connectivity index (χ0) is 28.7. The van der Waals surface area contributed by atoms with Crippen LogP contribution in [0.3, 0.4) is 0 Å². The number of nitrogens with zero attached hydrogens (tertiary/aromatic N) is 2. The Morgan fingerprint density at radius 3 is 2.31 bits per heavy atom. The summed E-state index contributed by atoms with van der Waals surface area (Å²) >= 11 is 0. The molecule has 6 atom stereocenters. The molecule has 0 spiro atoms. The van der Waals surface area contributed by atoms with Crippen LogP contribution in [0.1, 0.15) is 61.9 Å². The van der Waals surface area contributed by atoms with E-state index in [4.69, 9.17) is 9.47 Å². The number of carbonyl (C=O) groups excluding carboxylic acids is 1. The van der Waals surface area contributed by atoms with E-state index in [1.54, 1.807) is 6.92 Å². The molecule has 2 aromatic rings. The lowest BCUT2D eigenvalue weighted by Gasteiger charge is -2.39. The molecule has 0 aliphatic carbocycles. The molecule has 0 radical (unpaired) electrons. The number of aliphatic hydroxyl groups is 6. The highest BCUT2D eigenvalue weighted by Gasteiger charge is 2.45. The Bertz CT molecular complexity index is 1040. The molecule has 3 rings (SSSR count). The largest absolute Gasteiger partial charge is 0.443 e. The first-order chi connectivity index (χ1) is 18.6. The quantitative estimate of drug-likeness (QED) is 0.164. The van der Waals surface area contributed by atoms with Crippen LogP contribution in [-0.2, 0) is 22.4 Å². The lowest BCUT2D eigenvalue weighted by molar-refractivity contribution is -0.278. The number of amides is 1. The van der Waals surface area contributed by atoms with Gasteiger partial charge in [0.05, 0.1) is 19.3 Å². The van der Waals surface area contributed by atoms with Gasteiger partial charge in [0.25, 0.3) is 0 Å². The molecule has 2 heterocycles. The summed E-state index contributed by atoms with van der Waals surface area (Å²) in [6.07, 6.45) is -5.02. The third-order valence-corrected chi connectivity index (χ3v) is 7.04. The van der Waals surface area contributed by atoms with Gasteiger partial charge in [-0.05, 0) is 36.8 Å². The molecule has 7 N–H and O–H groups in total. The van der Waals surface area contributed by atoms with E-state index in [1.807, 2.05) is 38.1 Å². The summed E-state index contributed by atoms with van der Waals surface area (Å²) in [5.74, 6) is 0.0726. The third kappa shape index (κ3) is 7.54. The number of hydrogen-bond acceptors (Lipinski definition) is 10. The average molecular weight is 552 g/mol. The first-order valence-electron chi connectivity index (χ1n) is 13.2. The highest BCUT2D eigenvalue weighted by Crippen LogP contribution is 2.31. The number of H-pyrrole nitrogens is 1.